The lowest BCUT2D eigenvalue weighted by molar-refractivity contribution is -0.119. The van der Waals surface area contributed by atoms with Gasteiger partial charge in [-0.1, -0.05) is 36.4 Å². The van der Waals surface area contributed by atoms with Crippen LogP contribution in [0.5, 0.6) is 0 Å². The fourth-order valence-electron chi connectivity index (χ4n) is 4.43. The summed E-state index contributed by atoms with van der Waals surface area (Å²) in [6, 6.07) is 16.9. The second kappa shape index (κ2) is 9.19. The van der Waals surface area contributed by atoms with Gasteiger partial charge in [0.15, 0.2) is 5.65 Å². The van der Waals surface area contributed by atoms with Crippen molar-refractivity contribution in [3.63, 3.8) is 0 Å². The lowest BCUT2D eigenvalue weighted by Crippen LogP contribution is -2.44. The standard InChI is InChI=1S/C27H27N5O2S/c1-16-10-11-20(12-17(16)2)28-26(33)23-14-35-15-32(23)27(34)21-13-22(19-8-6-5-7-9-19)29-25-24(21)18(3)30-31(25)4/h5-13,23H,14-15H2,1-4H3,(H,28,33). The average molecular weight is 486 g/mol. The van der Waals surface area contributed by atoms with Crippen LogP contribution in [0.3, 0.4) is 0 Å². The van der Waals surface area contributed by atoms with Crippen LogP contribution in [0, 0.1) is 20.8 Å². The highest BCUT2D eigenvalue weighted by Gasteiger charge is 2.36. The molecule has 7 nitrogen and oxygen atoms in total. The topological polar surface area (TPSA) is 80.1 Å². The van der Waals surface area contributed by atoms with Gasteiger partial charge in [-0.25, -0.2) is 4.98 Å². The van der Waals surface area contributed by atoms with Crippen molar-refractivity contribution in [2.45, 2.75) is 26.8 Å². The molecule has 2 aromatic carbocycles. The molecule has 1 aliphatic heterocycles. The maximum atomic E-state index is 13.9. The lowest BCUT2D eigenvalue weighted by atomic mass is 10.0. The van der Waals surface area contributed by atoms with Gasteiger partial charge >= 0.3 is 0 Å². The minimum Gasteiger partial charge on any atom is -0.324 e. The molecule has 0 aliphatic carbocycles. The van der Waals surface area contributed by atoms with E-state index >= 15 is 0 Å². The van der Waals surface area contributed by atoms with Crippen molar-refractivity contribution < 1.29 is 9.59 Å². The molecule has 1 saturated heterocycles. The van der Waals surface area contributed by atoms with Crippen molar-refractivity contribution in [1.82, 2.24) is 19.7 Å². The number of aryl methyl sites for hydroxylation is 4. The summed E-state index contributed by atoms with van der Waals surface area (Å²) in [6.07, 6.45) is 0. The molecule has 0 spiro atoms. The molecular weight excluding hydrogens is 458 g/mol. The van der Waals surface area contributed by atoms with Gasteiger partial charge in [-0.2, -0.15) is 5.10 Å². The Morgan fingerprint density at radius 3 is 2.54 bits per heavy atom. The highest BCUT2D eigenvalue weighted by atomic mass is 32.2. The van der Waals surface area contributed by atoms with Gasteiger partial charge in [-0.05, 0) is 50.1 Å². The minimum absolute atomic E-state index is 0.178. The Morgan fingerprint density at radius 2 is 1.80 bits per heavy atom. The van der Waals surface area contributed by atoms with Gasteiger partial charge in [0.05, 0.1) is 28.2 Å². The van der Waals surface area contributed by atoms with E-state index in [0.29, 0.717) is 28.5 Å². The quantitative estimate of drug-likeness (QED) is 0.453. The van der Waals surface area contributed by atoms with Crippen LogP contribution in [0.2, 0.25) is 0 Å². The Hall–Kier alpha value is -3.65. The molecule has 4 aromatic rings. The van der Waals surface area contributed by atoms with Gasteiger partial charge in [0, 0.05) is 24.1 Å². The van der Waals surface area contributed by atoms with E-state index < -0.39 is 6.04 Å². The van der Waals surface area contributed by atoms with Crippen LogP contribution >= 0.6 is 11.8 Å². The van der Waals surface area contributed by atoms with Crippen LogP contribution in [0.1, 0.15) is 27.2 Å². The third-order valence-corrected chi connectivity index (χ3v) is 7.50. The van der Waals surface area contributed by atoms with Crippen LogP contribution in [0.15, 0.2) is 54.6 Å². The summed E-state index contributed by atoms with van der Waals surface area (Å²) < 4.78 is 1.70. The Kier molecular flexibility index (Phi) is 6.06. The van der Waals surface area contributed by atoms with E-state index in [9.17, 15) is 9.59 Å². The number of aromatic nitrogens is 3. The SMILES string of the molecule is Cc1ccc(NC(=O)C2CSCN2C(=O)c2cc(-c3ccccc3)nc3c2c(C)nn3C)cc1C. The van der Waals surface area contributed by atoms with Gasteiger partial charge < -0.3 is 10.2 Å². The van der Waals surface area contributed by atoms with Gasteiger partial charge in [0.1, 0.15) is 6.04 Å². The number of rotatable bonds is 4. The highest BCUT2D eigenvalue weighted by molar-refractivity contribution is 7.99. The molecule has 1 aliphatic rings. The van der Waals surface area contributed by atoms with Crippen molar-refractivity contribution in [3.05, 3.63) is 77.0 Å². The molecule has 0 saturated carbocycles. The molecule has 2 aromatic heterocycles. The normalized spacial score (nSPS) is 15.5. The summed E-state index contributed by atoms with van der Waals surface area (Å²) in [6.45, 7) is 5.93. The molecule has 0 bridgehead atoms. The molecule has 0 radical (unpaired) electrons. The first kappa shape index (κ1) is 23.1. The molecule has 8 heteroatoms. The molecule has 3 heterocycles. The maximum absolute atomic E-state index is 13.9. The molecule has 1 atom stereocenters. The van der Waals surface area contributed by atoms with Crippen LogP contribution in [-0.2, 0) is 11.8 Å². The number of hydrogen-bond acceptors (Lipinski definition) is 5. The molecule has 35 heavy (non-hydrogen) atoms. The van der Waals surface area contributed by atoms with E-state index in [1.807, 2.05) is 82.4 Å². The van der Waals surface area contributed by atoms with Crippen molar-refractivity contribution in [1.29, 1.82) is 0 Å². The third-order valence-electron chi connectivity index (χ3n) is 6.49. The Labute approximate surface area is 208 Å². The number of carbonyl (C=O) groups is 2. The van der Waals surface area contributed by atoms with Gasteiger partial charge in [-0.3, -0.25) is 14.3 Å². The first-order valence-electron chi connectivity index (χ1n) is 11.5. The molecule has 1 N–H and O–H groups in total. The second-order valence-corrected chi connectivity index (χ2v) is 9.91. The fourth-order valence-corrected chi connectivity index (χ4v) is 5.58. The zero-order valence-electron chi connectivity index (χ0n) is 20.2. The highest BCUT2D eigenvalue weighted by Crippen LogP contribution is 2.31. The van der Waals surface area contributed by atoms with Crippen LogP contribution < -0.4 is 5.32 Å². The zero-order chi connectivity index (χ0) is 24.7. The minimum atomic E-state index is -0.561. The van der Waals surface area contributed by atoms with Crippen LogP contribution in [-0.4, -0.2) is 49.2 Å². The number of nitrogens with one attached hydrogen (secondary N) is 1. The monoisotopic (exact) mass is 485 g/mol. The second-order valence-electron chi connectivity index (χ2n) is 8.91. The van der Waals surface area contributed by atoms with Crippen molar-refractivity contribution >= 4 is 40.3 Å². The molecule has 2 amide bonds. The summed E-state index contributed by atoms with van der Waals surface area (Å²) >= 11 is 1.58. The number of hydrogen-bond donors (Lipinski definition) is 1. The van der Waals surface area contributed by atoms with E-state index in [-0.39, 0.29) is 11.8 Å². The first-order valence-corrected chi connectivity index (χ1v) is 12.7. The number of anilines is 1. The molecule has 178 valence electrons. The summed E-state index contributed by atoms with van der Waals surface area (Å²) in [5, 5.41) is 8.25. The van der Waals surface area contributed by atoms with Gasteiger partial charge in [0.2, 0.25) is 5.91 Å². The fraction of sp³-hybridized carbons (Fsp3) is 0.259. The maximum Gasteiger partial charge on any atom is 0.256 e. The van der Waals surface area contributed by atoms with Crippen molar-refractivity contribution in [3.8, 4) is 11.3 Å². The lowest BCUT2D eigenvalue weighted by Gasteiger charge is -2.24. The number of carbonyl (C=O) groups excluding carboxylic acids is 2. The summed E-state index contributed by atoms with van der Waals surface area (Å²) in [5.74, 6) is 0.640. The van der Waals surface area contributed by atoms with E-state index in [1.54, 1.807) is 21.3 Å². The van der Waals surface area contributed by atoms with Crippen molar-refractivity contribution in [2.75, 3.05) is 16.9 Å². The molecule has 1 fully saturated rings. The number of pyridine rings is 1. The Bertz CT molecular complexity index is 1450. The van der Waals surface area contributed by atoms with E-state index in [1.165, 1.54) is 5.56 Å². The Balaban J connectivity index is 1.51. The van der Waals surface area contributed by atoms with E-state index in [2.05, 4.69) is 10.4 Å². The Morgan fingerprint density at radius 1 is 1.03 bits per heavy atom. The summed E-state index contributed by atoms with van der Waals surface area (Å²) in [5.41, 5.74) is 6.54. The molecule has 5 rings (SSSR count). The van der Waals surface area contributed by atoms with Crippen LogP contribution in [0.4, 0.5) is 5.69 Å². The number of nitrogens with zero attached hydrogens (tertiary/aromatic N) is 4. The summed E-state index contributed by atoms with van der Waals surface area (Å²) in [4.78, 5) is 33.6. The number of amides is 2. The van der Waals surface area contributed by atoms with Crippen molar-refractivity contribution in [2.24, 2.45) is 7.05 Å². The average Bonchev–Trinajstić information content (AvgIpc) is 3.46. The van der Waals surface area contributed by atoms with E-state index in [0.717, 1.165) is 27.9 Å². The van der Waals surface area contributed by atoms with Crippen LogP contribution in [0.25, 0.3) is 22.3 Å². The molecular formula is C27H27N5O2S. The largest absolute Gasteiger partial charge is 0.324 e. The molecule has 1 unspecified atom stereocenters. The zero-order valence-corrected chi connectivity index (χ0v) is 21.0. The summed E-state index contributed by atoms with van der Waals surface area (Å²) in [7, 11) is 1.83. The number of thioether (sulfide) groups is 1. The van der Waals surface area contributed by atoms with Gasteiger partial charge in [-0.15, -0.1) is 11.8 Å². The smallest absolute Gasteiger partial charge is 0.256 e. The third kappa shape index (κ3) is 4.30. The number of fused-ring (bicyclic) bond motifs is 1. The number of benzene rings is 2. The predicted octanol–water partition coefficient (Wildman–Crippen LogP) is 4.71. The predicted molar refractivity (Wildman–Crippen MR) is 141 cm³/mol. The van der Waals surface area contributed by atoms with Gasteiger partial charge in [0.25, 0.3) is 5.91 Å². The first-order chi connectivity index (χ1) is 16.8. The van der Waals surface area contributed by atoms with E-state index in [4.69, 9.17) is 4.98 Å².